The van der Waals surface area contributed by atoms with E-state index in [-0.39, 0.29) is 0 Å². The molecular weight excluding hydrogens is 424 g/mol. The van der Waals surface area contributed by atoms with Gasteiger partial charge in [0.05, 0.1) is 6.04 Å². The van der Waals surface area contributed by atoms with Gasteiger partial charge in [0.25, 0.3) is 0 Å². The quantitative estimate of drug-likeness (QED) is 0.316. The summed E-state index contributed by atoms with van der Waals surface area (Å²) in [5.74, 6) is 0. The van der Waals surface area contributed by atoms with Crippen molar-refractivity contribution in [2.45, 2.75) is 31.8 Å². The molecule has 4 aromatic carbocycles. The zero-order valence-corrected chi connectivity index (χ0v) is 20.3. The van der Waals surface area contributed by atoms with Gasteiger partial charge in [0.15, 0.2) is 0 Å². The number of hydrogen-bond acceptors (Lipinski definition) is 2. The van der Waals surface area contributed by atoms with Crippen LogP contribution in [0.15, 0.2) is 91.0 Å². The van der Waals surface area contributed by atoms with Crippen molar-refractivity contribution in [1.29, 1.82) is 0 Å². The van der Waals surface area contributed by atoms with Crippen molar-refractivity contribution >= 4 is 0 Å². The van der Waals surface area contributed by atoms with Gasteiger partial charge in [0, 0.05) is 32.7 Å². The number of benzene rings is 4. The first-order valence-corrected chi connectivity index (χ1v) is 13.2. The Morgan fingerprint density at radius 3 is 1.89 bits per heavy atom. The molecule has 0 amide bonds. The van der Waals surface area contributed by atoms with Crippen molar-refractivity contribution in [1.82, 2.24) is 9.80 Å². The van der Waals surface area contributed by atoms with Crippen LogP contribution in [-0.4, -0.2) is 36.0 Å². The van der Waals surface area contributed by atoms with E-state index in [1.807, 2.05) is 0 Å². The highest BCUT2D eigenvalue weighted by Crippen LogP contribution is 2.38. The second-order valence-electron chi connectivity index (χ2n) is 10.4. The highest BCUT2D eigenvalue weighted by atomic mass is 15.3. The number of piperazine rings is 1. The van der Waals surface area contributed by atoms with Gasteiger partial charge in [-0.3, -0.25) is 9.80 Å². The Morgan fingerprint density at radius 2 is 1.17 bits per heavy atom. The van der Waals surface area contributed by atoms with Crippen LogP contribution in [0.25, 0.3) is 11.1 Å². The number of aryl methyl sites for hydroxylation is 2. The van der Waals surface area contributed by atoms with Crippen LogP contribution in [0.5, 0.6) is 0 Å². The average molecular weight is 457 g/mol. The molecule has 0 atom stereocenters. The van der Waals surface area contributed by atoms with E-state index in [1.54, 1.807) is 0 Å². The predicted octanol–water partition coefficient (Wildman–Crippen LogP) is 6.26. The van der Waals surface area contributed by atoms with Crippen LogP contribution in [-0.2, 0) is 25.8 Å². The molecule has 2 aliphatic carbocycles. The zero-order valence-electron chi connectivity index (χ0n) is 20.3. The molecule has 1 fully saturated rings. The van der Waals surface area contributed by atoms with Gasteiger partial charge < -0.3 is 0 Å². The minimum atomic E-state index is 0.380. The monoisotopic (exact) mass is 456 g/mol. The van der Waals surface area contributed by atoms with Crippen molar-refractivity contribution in [3.63, 3.8) is 0 Å². The summed E-state index contributed by atoms with van der Waals surface area (Å²) >= 11 is 0. The van der Waals surface area contributed by atoms with E-state index in [0.717, 1.165) is 52.0 Å². The lowest BCUT2D eigenvalue weighted by atomic mass is 9.92. The first-order valence-electron chi connectivity index (χ1n) is 13.2. The van der Waals surface area contributed by atoms with Gasteiger partial charge in [-0.15, -0.1) is 0 Å². The minimum Gasteiger partial charge on any atom is -0.297 e. The van der Waals surface area contributed by atoms with Crippen molar-refractivity contribution in [3.05, 3.63) is 130 Å². The highest BCUT2D eigenvalue weighted by Gasteiger charge is 2.31. The third-order valence-corrected chi connectivity index (χ3v) is 8.40. The summed E-state index contributed by atoms with van der Waals surface area (Å²) in [6, 6.07) is 34.7. The Hall–Kier alpha value is -3.20. The van der Waals surface area contributed by atoms with E-state index in [1.165, 1.54) is 50.1 Å². The van der Waals surface area contributed by atoms with Gasteiger partial charge in [0.2, 0.25) is 0 Å². The zero-order chi connectivity index (χ0) is 23.2. The molecule has 7 rings (SSSR count). The molecule has 4 aromatic rings. The van der Waals surface area contributed by atoms with E-state index < -0.39 is 0 Å². The molecule has 1 heterocycles. The summed E-state index contributed by atoms with van der Waals surface area (Å²) in [6.45, 7) is 5.53. The molecule has 0 aromatic heterocycles. The minimum absolute atomic E-state index is 0.380. The van der Waals surface area contributed by atoms with Crippen molar-refractivity contribution in [2.24, 2.45) is 0 Å². The largest absolute Gasteiger partial charge is 0.297 e. The van der Waals surface area contributed by atoms with Crippen LogP contribution in [0.3, 0.4) is 0 Å². The summed E-state index contributed by atoms with van der Waals surface area (Å²) in [7, 11) is 0. The fourth-order valence-electron chi connectivity index (χ4n) is 6.62. The standard InChI is InChI=1S/C33H32N2/c1-5-11-31-25(7-1)14-15-26-8-2-6-12-32(26)33(31)35-19-17-34(18-20-35)23-24-13-16-30-28(21-24)22-27-9-3-4-10-29(27)30/h1-13,16,21,33H,14-15,17-20,22-23H2. The third-order valence-electron chi connectivity index (χ3n) is 8.40. The van der Waals surface area contributed by atoms with Crippen LogP contribution >= 0.6 is 0 Å². The second-order valence-corrected chi connectivity index (χ2v) is 10.4. The molecule has 2 nitrogen and oxygen atoms in total. The maximum atomic E-state index is 2.73. The van der Waals surface area contributed by atoms with E-state index in [9.17, 15) is 0 Å². The Morgan fingerprint density at radius 1 is 0.571 bits per heavy atom. The molecule has 0 N–H and O–H groups in total. The molecule has 35 heavy (non-hydrogen) atoms. The Balaban J connectivity index is 1.09. The molecule has 2 heteroatoms. The smallest absolute Gasteiger partial charge is 0.0608 e. The summed E-state index contributed by atoms with van der Waals surface area (Å²) in [5, 5.41) is 0. The molecule has 174 valence electrons. The molecule has 0 saturated carbocycles. The SMILES string of the molecule is c1ccc2c(c1)Cc1cc(CN3CCN(C4c5ccccc5CCc5ccccc54)CC3)ccc1-2. The van der Waals surface area contributed by atoms with E-state index in [0.29, 0.717) is 6.04 Å². The van der Waals surface area contributed by atoms with Gasteiger partial charge in [-0.05, 0) is 69.3 Å². The summed E-state index contributed by atoms with van der Waals surface area (Å²) in [6.07, 6.45) is 3.37. The Kier molecular flexibility index (Phi) is 5.30. The van der Waals surface area contributed by atoms with E-state index in [4.69, 9.17) is 0 Å². The van der Waals surface area contributed by atoms with Gasteiger partial charge in [-0.1, -0.05) is 91.0 Å². The van der Waals surface area contributed by atoms with Crippen LogP contribution < -0.4 is 0 Å². The summed E-state index contributed by atoms with van der Waals surface area (Å²) < 4.78 is 0. The number of rotatable bonds is 3. The van der Waals surface area contributed by atoms with E-state index in [2.05, 4.69) is 101 Å². The summed E-state index contributed by atoms with van der Waals surface area (Å²) in [4.78, 5) is 5.38. The molecule has 1 saturated heterocycles. The number of nitrogens with zero attached hydrogens (tertiary/aromatic N) is 2. The molecule has 1 aliphatic heterocycles. The molecule has 0 radical (unpaired) electrons. The Labute approximate surface area is 208 Å². The maximum Gasteiger partial charge on any atom is 0.0608 e. The third kappa shape index (κ3) is 3.82. The highest BCUT2D eigenvalue weighted by molar-refractivity contribution is 5.76. The molecule has 0 unspecified atom stereocenters. The van der Waals surface area contributed by atoms with Crippen molar-refractivity contribution in [2.75, 3.05) is 26.2 Å². The first-order chi connectivity index (χ1) is 17.3. The van der Waals surface area contributed by atoms with Gasteiger partial charge >= 0.3 is 0 Å². The normalized spacial score (nSPS) is 17.8. The molecule has 0 bridgehead atoms. The number of hydrogen-bond donors (Lipinski definition) is 0. The second kappa shape index (κ2) is 8.78. The molecule has 0 spiro atoms. The fraction of sp³-hybridized carbons (Fsp3) is 0.273. The van der Waals surface area contributed by atoms with Gasteiger partial charge in [-0.2, -0.15) is 0 Å². The maximum absolute atomic E-state index is 2.73. The summed E-state index contributed by atoms with van der Waals surface area (Å²) in [5.41, 5.74) is 13.4. The van der Waals surface area contributed by atoms with Gasteiger partial charge in [0.1, 0.15) is 0 Å². The lowest BCUT2D eigenvalue weighted by Gasteiger charge is -2.40. The fourth-order valence-corrected chi connectivity index (χ4v) is 6.62. The lowest BCUT2D eigenvalue weighted by Crippen LogP contribution is -2.47. The van der Waals surface area contributed by atoms with Gasteiger partial charge in [-0.25, -0.2) is 0 Å². The average Bonchev–Trinajstić information content (AvgIpc) is 3.18. The van der Waals surface area contributed by atoms with Crippen LogP contribution in [0.1, 0.15) is 45.0 Å². The topological polar surface area (TPSA) is 6.48 Å². The van der Waals surface area contributed by atoms with Crippen LogP contribution in [0, 0.1) is 0 Å². The van der Waals surface area contributed by atoms with E-state index >= 15 is 0 Å². The Bertz CT molecular complexity index is 1330. The van der Waals surface area contributed by atoms with Crippen molar-refractivity contribution in [3.8, 4) is 11.1 Å². The number of fused-ring (bicyclic) bond motifs is 5. The van der Waals surface area contributed by atoms with Crippen LogP contribution in [0.4, 0.5) is 0 Å². The van der Waals surface area contributed by atoms with Crippen molar-refractivity contribution < 1.29 is 0 Å². The molecule has 3 aliphatic rings. The first kappa shape index (κ1) is 21.1. The molecular formula is C33H32N2. The predicted molar refractivity (Wildman–Crippen MR) is 144 cm³/mol. The lowest BCUT2D eigenvalue weighted by molar-refractivity contribution is 0.104. The van der Waals surface area contributed by atoms with Crippen LogP contribution in [0.2, 0.25) is 0 Å².